The van der Waals surface area contributed by atoms with Gasteiger partial charge in [0.05, 0.1) is 0 Å². The molecule has 0 saturated carbocycles. The largest absolute Gasteiger partial charge is 0.456 e. The van der Waals surface area contributed by atoms with Gasteiger partial charge in [0.2, 0.25) is 0 Å². The van der Waals surface area contributed by atoms with E-state index in [2.05, 4.69) is 207 Å². The van der Waals surface area contributed by atoms with Crippen molar-refractivity contribution in [2.45, 2.75) is 13.3 Å². The number of hydrogen-bond acceptors (Lipinski definition) is 1. The summed E-state index contributed by atoms with van der Waals surface area (Å²) in [7, 11) is 0. The van der Waals surface area contributed by atoms with Crippen molar-refractivity contribution < 1.29 is 4.42 Å². The topological polar surface area (TPSA) is 13.1 Å². The van der Waals surface area contributed by atoms with Gasteiger partial charge in [-0.2, -0.15) is 0 Å². The molecule has 0 aliphatic heterocycles. The van der Waals surface area contributed by atoms with E-state index in [0.717, 1.165) is 28.7 Å². The predicted octanol–water partition coefficient (Wildman–Crippen LogP) is 16.2. The standard InChI is InChI=1S/C57H40O/c1-37-16-8-9-21-45(37)42-33-41(38-17-4-2-5-18-38)34-44(35-42)56-49-24-12-14-26-51(49)57(52-27-15-13-25-50(52)56)53-30-29-46(47-22-10-11-23-48(47)53)40-28-31-54-43(32-40)36-55(58-54)39-19-6-3-7-20-39/h2-15,17-37H,16H2,1H3. The summed E-state index contributed by atoms with van der Waals surface area (Å²) in [6.07, 6.45) is 7.87. The Bertz CT molecular complexity index is 3190. The van der Waals surface area contributed by atoms with E-state index in [-0.39, 0.29) is 0 Å². The zero-order chi connectivity index (χ0) is 38.6. The molecule has 0 bridgehead atoms. The molecule has 1 nitrogen and oxygen atoms in total. The van der Waals surface area contributed by atoms with Gasteiger partial charge in [-0.15, -0.1) is 0 Å². The van der Waals surface area contributed by atoms with E-state index in [1.807, 2.05) is 6.07 Å². The van der Waals surface area contributed by atoms with Crippen LogP contribution in [0.15, 0.2) is 211 Å². The number of hydrogen-bond donors (Lipinski definition) is 0. The highest BCUT2D eigenvalue weighted by Gasteiger charge is 2.21. The predicted molar refractivity (Wildman–Crippen MR) is 247 cm³/mol. The van der Waals surface area contributed by atoms with Crippen LogP contribution in [-0.4, -0.2) is 0 Å². The minimum Gasteiger partial charge on any atom is -0.456 e. The first kappa shape index (κ1) is 34.1. The van der Waals surface area contributed by atoms with Crippen LogP contribution in [0, 0.1) is 5.92 Å². The maximum Gasteiger partial charge on any atom is 0.135 e. The highest BCUT2D eigenvalue weighted by Crippen LogP contribution is 2.48. The van der Waals surface area contributed by atoms with Crippen molar-refractivity contribution in [3.63, 3.8) is 0 Å². The molecule has 11 rings (SSSR count). The molecule has 0 spiro atoms. The van der Waals surface area contributed by atoms with E-state index in [4.69, 9.17) is 4.42 Å². The first-order chi connectivity index (χ1) is 28.7. The van der Waals surface area contributed by atoms with Gasteiger partial charge in [0.15, 0.2) is 0 Å². The monoisotopic (exact) mass is 740 g/mol. The summed E-state index contributed by atoms with van der Waals surface area (Å²) in [6.45, 7) is 2.34. The Morgan fingerprint density at radius 2 is 0.966 bits per heavy atom. The van der Waals surface area contributed by atoms with Crippen LogP contribution in [0.4, 0.5) is 0 Å². The molecule has 1 heterocycles. The Morgan fingerprint density at radius 3 is 1.64 bits per heavy atom. The summed E-state index contributed by atoms with van der Waals surface area (Å²) in [4.78, 5) is 0. The molecule has 1 atom stereocenters. The molecule has 1 aliphatic carbocycles. The van der Waals surface area contributed by atoms with Crippen LogP contribution in [0.1, 0.15) is 18.9 Å². The molecular formula is C57H40O. The molecule has 10 aromatic rings. The average Bonchev–Trinajstić information content (AvgIpc) is 3.72. The van der Waals surface area contributed by atoms with Gasteiger partial charge < -0.3 is 4.42 Å². The lowest BCUT2D eigenvalue weighted by molar-refractivity contribution is 0.631. The van der Waals surface area contributed by atoms with Crippen LogP contribution in [0.3, 0.4) is 0 Å². The Balaban J connectivity index is 1.12. The zero-order valence-corrected chi connectivity index (χ0v) is 32.3. The first-order valence-electron chi connectivity index (χ1n) is 20.3. The lowest BCUT2D eigenvalue weighted by atomic mass is 9.81. The van der Waals surface area contributed by atoms with Crippen LogP contribution in [0.2, 0.25) is 0 Å². The number of rotatable bonds is 6. The van der Waals surface area contributed by atoms with E-state index in [9.17, 15) is 0 Å². The third-order valence-corrected chi connectivity index (χ3v) is 12.1. The number of fused-ring (bicyclic) bond motifs is 4. The highest BCUT2D eigenvalue weighted by atomic mass is 16.3. The molecular weight excluding hydrogens is 701 g/mol. The van der Waals surface area contributed by atoms with E-state index in [1.54, 1.807) is 0 Å². The van der Waals surface area contributed by atoms with Crippen LogP contribution in [-0.2, 0) is 0 Å². The average molecular weight is 741 g/mol. The normalized spacial score (nSPS) is 14.1. The number of benzene rings is 9. The molecule has 1 aliphatic rings. The first-order valence-corrected chi connectivity index (χ1v) is 20.3. The van der Waals surface area contributed by atoms with Gasteiger partial charge in [0.25, 0.3) is 0 Å². The van der Waals surface area contributed by atoms with Crippen molar-refractivity contribution in [1.29, 1.82) is 0 Å². The maximum absolute atomic E-state index is 6.30. The van der Waals surface area contributed by atoms with E-state index in [1.165, 1.54) is 88.0 Å². The minimum absolute atomic E-state index is 0.448. The maximum atomic E-state index is 6.30. The fourth-order valence-electron chi connectivity index (χ4n) is 9.32. The molecule has 58 heavy (non-hydrogen) atoms. The Morgan fingerprint density at radius 1 is 0.414 bits per heavy atom. The fourth-order valence-corrected chi connectivity index (χ4v) is 9.32. The second-order valence-corrected chi connectivity index (χ2v) is 15.6. The van der Waals surface area contributed by atoms with Crippen molar-refractivity contribution in [2.24, 2.45) is 5.92 Å². The molecule has 0 saturated heterocycles. The van der Waals surface area contributed by atoms with Crippen LogP contribution in [0.5, 0.6) is 0 Å². The lowest BCUT2D eigenvalue weighted by Crippen LogP contribution is -2.01. The molecule has 0 fully saturated rings. The second kappa shape index (κ2) is 14.1. The molecule has 0 N–H and O–H groups in total. The molecule has 1 aromatic heterocycles. The minimum atomic E-state index is 0.448. The van der Waals surface area contributed by atoms with Gasteiger partial charge >= 0.3 is 0 Å². The fraction of sp³-hybridized carbons (Fsp3) is 0.0526. The lowest BCUT2D eigenvalue weighted by Gasteiger charge is -2.22. The van der Waals surface area contributed by atoms with Crippen LogP contribution < -0.4 is 0 Å². The Hall–Kier alpha value is -7.22. The van der Waals surface area contributed by atoms with Gasteiger partial charge in [-0.3, -0.25) is 0 Å². The van der Waals surface area contributed by atoms with Gasteiger partial charge in [0.1, 0.15) is 11.3 Å². The van der Waals surface area contributed by atoms with Crippen molar-refractivity contribution in [3.8, 4) is 55.8 Å². The third kappa shape index (κ3) is 5.78. The second-order valence-electron chi connectivity index (χ2n) is 15.6. The zero-order valence-electron chi connectivity index (χ0n) is 32.3. The summed E-state index contributed by atoms with van der Waals surface area (Å²) in [5, 5.41) is 8.58. The molecule has 9 aromatic carbocycles. The molecule has 0 radical (unpaired) electrons. The molecule has 274 valence electrons. The van der Waals surface area contributed by atoms with Crippen molar-refractivity contribution >= 4 is 48.9 Å². The Kier molecular flexibility index (Phi) is 8.26. The summed E-state index contributed by atoms with van der Waals surface area (Å²) in [5.74, 6) is 1.33. The highest BCUT2D eigenvalue weighted by molar-refractivity contribution is 6.24. The van der Waals surface area contributed by atoms with Crippen molar-refractivity contribution in [2.75, 3.05) is 0 Å². The molecule has 0 amide bonds. The van der Waals surface area contributed by atoms with Crippen molar-refractivity contribution in [1.82, 2.24) is 0 Å². The quantitative estimate of drug-likeness (QED) is 0.155. The van der Waals surface area contributed by atoms with E-state index in [0.29, 0.717) is 5.92 Å². The summed E-state index contributed by atoms with van der Waals surface area (Å²) in [6, 6.07) is 68.7. The van der Waals surface area contributed by atoms with Crippen molar-refractivity contribution in [3.05, 3.63) is 212 Å². The van der Waals surface area contributed by atoms with Gasteiger partial charge in [-0.05, 0) is 137 Å². The summed E-state index contributed by atoms with van der Waals surface area (Å²) < 4.78 is 6.30. The van der Waals surface area contributed by atoms with Gasteiger partial charge in [-0.1, -0.05) is 177 Å². The molecule has 1 unspecified atom stereocenters. The number of allylic oxidation sites excluding steroid dienone is 4. The van der Waals surface area contributed by atoms with Gasteiger partial charge in [0, 0.05) is 10.9 Å². The summed E-state index contributed by atoms with van der Waals surface area (Å²) in [5.41, 5.74) is 14.5. The Labute approximate surface area is 338 Å². The smallest absolute Gasteiger partial charge is 0.135 e. The SMILES string of the molecule is CC1CC=CC=C1c1cc(-c2ccccc2)cc(-c2c3ccccc3c(-c3ccc(-c4ccc5oc(-c6ccccc6)cc5c4)c4ccccc34)c3ccccc23)c1. The van der Waals surface area contributed by atoms with Crippen LogP contribution in [0.25, 0.3) is 105 Å². The van der Waals surface area contributed by atoms with E-state index >= 15 is 0 Å². The number of furan rings is 1. The molecule has 1 heteroatoms. The van der Waals surface area contributed by atoms with E-state index < -0.39 is 0 Å². The summed E-state index contributed by atoms with van der Waals surface area (Å²) >= 11 is 0. The van der Waals surface area contributed by atoms with Crippen LogP contribution >= 0.6 is 0 Å². The van der Waals surface area contributed by atoms with Gasteiger partial charge in [-0.25, -0.2) is 0 Å². The third-order valence-electron chi connectivity index (χ3n) is 12.1.